The molecule has 0 fully saturated rings. The molecular weight excluding hydrogens is 468 g/mol. The third-order valence-corrected chi connectivity index (χ3v) is 7.05. The molecule has 2 aromatic carbocycles. The zero-order valence-corrected chi connectivity index (χ0v) is 21.3. The number of hydrogen-bond donors (Lipinski definition) is 0. The van der Waals surface area contributed by atoms with Gasteiger partial charge in [0.15, 0.2) is 28.8 Å². The molecule has 1 aliphatic heterocycles. The second kappa shape index (κ2) is 8.73. The molecule has 1 unspecified atom stereocenters. The van der Waals surface area contributed by atoms with Gasteiger partial charge >= 0.3 is 0 Å². The van der Waals surface area contributed by atoms with Crippen molar-refractivity contribution in [3.63, 3.8) is 0 Å². The van der Waals surface area contributed by atoms with E-state index < -0.39 is 5.92 Å². The van der Waals surface area contributed by atoms with Crippen LogP contribution in [0.2, 0.25) is 0 Å². The minimum atomic E-state index is -0.424. The van der Waals surface area contributed by atoms with E-state index in [-0.39, 0.29) is 11.2 Å². The topological polar surface area (TPSA) is 87.8 Å². The minimum Gasteiger partial charge on any atom is -0.493 e. The fraction of sp³-hybridized carbons (Fsp3) is 0.310. The molecule has 2 aromatic heterocycles. The number of ketones is 1. The van der Waals surface area contributed by atoms with Gasteiger partial charge in [-0.1, -0.05) is 50.2 Å². The Labute approximate surface area is 214 Å². The van der Waals surface area contributed by atoms with Crippen LogP contribution in [0.5, 0.6) is 17.4 Å². The molecule has 0 N–H and O–H groups in total. The highest BCUT2D eigenvalue weighted by molar-refractivity contribution is 6.00. The number of nitrogens with zero attached hydrogens (tertiary/aromatic N) is 4. The first kappa shape index (κ1) is 23.2. The quantitative estimate of drug-likeness (QED) is 0.388. The summed E-state index contributed by atoms with van der Waals surface area (Å²) in [5.41, 5.74) is 3.81. The van der Waals surface area contributed by atoms with E-state index in [9.17, 15) is 4.79 Å². The van der Waals surface area contributed by atoms with E-state index in [2.05, 4.69) is 31.0 Å². The standard InChI is InChI=1S/C29H28N4O4/c1-29(2)14-19(34)25-22(15-29)37-28-26(24(25)18-10-11-20(35-3)21(13-18)36-4)27-31-23(32-33(27)16-30-28)12-17-8-6-5-7-9-17/h5-11,13,16,24H,12,14-15H2,1-4H3. The molecule has 3 heterocycles. The summed E-state index contributed by atoms with van der Waals surface area (Å²) in [6.45, 7) is 4.17. The van der Waals surface area contributed by atoms with Crippen LogP contribution < -0.4 is 14.2 Å². The summed E-state index contributed by atoms with van der Waals surface area (Å²) in [5.74, 6) is 2.65. The fourth-order valence-corrected chi connectivity index (χ4v) is 5.41. The highest BCUT2D eigenvalue weighted by Gasteiger charge is 2.44. The van der Waals surface area contributed by atoms with Gasteiger partial charge in [0, 0.05) is 24.8 Å². The molecule has 37 heavy (non-hydrogen) atoms. The van der Waals surface area contributed by atoms with E-state index in [1.54, 1.807) is 25.1 Å². The molecule has 0 spiro atoms. The highest BCUT2D eigenvalue weighted by atomic mass is 16.5. The van der Waals surface area contributed by atoms with Crippen LogP contribution in [0.1, 0.15) is 55.1 Å². The van der Waals surface area contributed by atoms with Crippen molar-refractivity contribution in [3.05, 3.63) is 88.7 Å². The highest BCUT2D eigenvalue weighted by Crippen LogP contribution is 2.51. The van der Waals surface area contributed by atoms with E-state index in [1.165, 1.54) is 0 Å². The van der Waals surface area contributed by atoms with Crippen LogP contribution in [-0.2, 0) is 11.2 Å². The van der Waals surface area contributed by atoms with Crippen molar-refractivity contribution < 1.29 is 19.0 Å². The molecule has 0 saturated heterocycles. The van der Waals surface area contributed by atoms with Crippen LogP contribution in [0, 0.1) is 5.41 Å². The van der Waals surface area contributed by atoms with Gasteiger partial charge in [0.25, 0.3) is 0 Å². The molecular formula is C29H28N4O4. The van der Waals surface area contributed by atoms with Gasteiger partial charge in [-0.15, -0.1) is 5.10 Å². The van der Waals surface area contributed by atoms with Gasteiger partial charge in [-0.2, -0.15) is 0 Å². The molecule has 0 radical (unpaired) electrons. The average Bonchev–Trinajstić information content (AvgIpc) is 3.29. The Balaban J connectivity index is 1.55. The summed E-state index contributed by atoms with van der Waals surface area (Å²) in [7, 11) is 3.21. The lowest BCUT2D eigenvalue weighted by atomic mass is 9.70. The first-order chi connectivity index (χ1) is 17.9. The molecule has 6 rings (SSSR count). The predicted octanol–water partition coefficient (Wildman–Crippen LogP) is 4.90. The third kappa shape index (κ3) is 4.02. The molecule has 1 aliphatic carbocycles. The minimum absolute atomic E-state index is 0.0720. The molecule has 188 valence electrons. The molecule has 8 nitrogen and oxygen atoms in total. The van der Waals surface area contributed by atoms with Gasteiger partial charge in [-0.05, 0) is 28.7 Å². The first-order valence-electron chi connectivity index (χ1n) is 12.3. The smallest absolute Gasteiger partial charge is 0.228 e. The lowest BCUT2D eigenvalue weighted by Crippen LogP contribution is -2.33. The van der Waals surface area contributed by atoms with Gasteiger partial charge in [-0.25, -0.2) is 14.5 Å². The molecule has 8 heteroatoms. The van der Waals surface area contributed by atoms with Gasteiger partial charge in [0.1, 0.15) is 12.1 Å². The van der Waals surface area contributed by atoms with Crippen molar-refractivity contribution in [3.8, 4) is 17.4 Å². The maximum atomic E-state index is 13.6. The molecule has 0 amide bonds. The Hall–Kier alpha value is -4.20. The fourth-order valence-electron chi connectivity index (χ4n) is 5.41. The van der Waals surface area contributed by atoms with Crippen molar-refractivity contribution in [2.24, 2.45) is 5.41 Å². The SMILES string of the molecule is COc1ccc(C2C3=C(CC(C)(C)CC3=O)Oc3ncn4nc(Cc5ccccc5)nc4c32)cc1OC. The van der Waals surface area contributed by atoms with E-state index in [0.717, 1.165) is 16.7 Å². The normalized spacial score (nSPS) is 18.3. The lowest BCUT2D eigenvalue weighted by Gasteiger charge is -2.37. The van der Waals surface area contributed by atoms with Crippen molar-refractivity contribution in [2.75, 3.05) is 14.2 Å². The maximum absolute atomic E-state index is 13.6. The molecule has 0 bridgehead atoms. The number of rotatable bonds is 5. The average molecular weight is 497 g/mol. The zero-order valence-electron chi connectivity index (χ0n) is 21.3. The Kier molecular flexibility index (Phi) is 5.47. The van der Waals surface area contributed by atoms with Crippen LogP contribution in [0.4, 0.5) is 0 Å². The van der Waals surface area contributed by atoms with Gasteiger partial charge in [0.2, 0.25) is 5.88 Å². The Morgan fingerprint density at radius 1 is 1.05 bits per heavy atom. The number of fused-ring (bicyclic) bond motifs is 3. The molecule has 2 aliphatic rings. The largest absolute Gasteiger partial charge is 0.493 e. The Morgan fingerprint density at radius 2 is 1.84 bits per heavy atom. The van der Waals surface area contributed by atoms with Crippen molar-refractivity contribution >= 4 is 11.4 Å². The monoisotopic (exact) mass is 496 g/mol. The Morgan fingerprint density at radius 3 is 2.59 bits per heavy atom. The first-order valence-corrected chi connectivity index (χ1v) is 12.3. The second-order valence-electron chi connectivity index (χ2n) is 10.3. The number of aromatic nitrogens is 4. The van der Waals surface area contributed by atoms with Gasteiger partial charge in [0.05, 0.1) is 25.7 Å². The van der Waals surface area contributed by atoms with Crippen LogP contribution in [0.15, 0.2) is 66.2 Å². The molecule has 1 atom stereocenters. The lowest BCUT2D eigenvalue weighted by molar-refractivity contribution is -0.118. The number of ether oxygens (including phenoxy) is 3. The van der Waals surface area contributed by atoms with Crippen molar-refractivity contribution in [1.82, 2.24) is 19.6 Å². The van der Waals surface area contributed by atoms with E-state index in [0.29, 0.717) is 59.4 Å². The zero-order chi connectivity index (χ0) is 25.7. The maximum Gasteiger partial charge on any atom is 0.228 e. The number of Topliss-reactive ketones (excluding diaryl/α,β-unsaturated/α-hetero) is 1. The summed E-state index contributed by atoms with van der Waals surface area (Å²) in [6, 6.07) is 15.8. The number of hydrogen-bond acceptors (Lipinski definition) is 7. The summed E-state index contributed by atoms with van der Waals surface area (Å²) in [4.78, 5) is 23.2. The summed E-state index contributed by atoms with van der Waals surface area (Å²) < 4.78 is 19.1. The summed E-state index contributed by atoms with van der Waals surface area (Å²) >= 11 is 0. The summed E-state index contributed by atoms with van der Waals surface area (Å²) in [6.07, 6.45) is 3.30. The van der Waals surface area contributed by atoms with Crippen LogP contribution in [0.3, 0.4) is 0 Å². The predicted molar refractivity (Wildman–Crippen MR) is 137 cm³/mol. The number of benzene rings is 2. The number of carbonyl (C=O) groups excluding carboxylic acids is 1. The van der Waals surface area contributed by atoms with Crippen LogP contribution in [0.25, 0.3) is 5.65 Å². The Bertz CT molecular complexity index is 1560. The second-order valence-corrected chi connectivity index (χ2v) is 10.3. The van der Waals surface area contributed by atoms with Crippen LogP contribution >= 0.6 is 0 Å². The number of allylic oxidation sites excluding steroid dienone is 2. The van der Waals surface area contributed by atoms with E-state index >= 15 is 0 Å². The van der Waals surface area contributed by atoms with Crippen molar-refractivity contribution in [1.29, 1.82) is 0 Å². The number of carbonyl (C=O) groups is 1. The van der Waals surface area contributed by atoms with Gasteiger partial charge < -0.3 is 14.2 Å². The van der Waals surface area contributed by atoms with E-state index in [1.807, 2.05) is 36.4 Å². The molecule has 0 saturated carbocycles. The van der Waals surface area contributed by atoms with Crippen LogP contribution in [-0.4, -0.2) is 39.6 Å². The number of methoxy groups -OCH3 is 2. The van der Waals surface area contributed by atoms with E-state index in [4.69, 9.17) is 24.3 Å². The summed E-state index contributed by atoms with van der Waals surface area (Å²) in [5, 5.41) is 4.69. The molecule has 4 aromatic rings. The van der Waals surface area contributed by atoms with Gasteiger partial charge in [-0.3, -0.25) is 4.79 Å². The van der Waals surface area contributed by atoms with Crippen molar-refractivity contribution in [2.45, 2.75) is 39.0 Å². The third-order valence-electron chi connectivity index (χ3n) is 7.05.